The van der Waals surface area contributed by atoms with E-state index in [4.69, 9.17) is 14.2 Å². The largest absolute Gasteiger partial charge is 0.497 e. The molecule has 1 aliphatic rings. The molecule has 7 nitrogen and oxygen atoms in total. The number of alkyl carbamates (subject to hydrolysis) is 1. The Kier molecular flexibility index (Phi) is 8.15. The number of nitrogens with one attached hydrogen (secondary N) is 1. The molecule has 0 aliphatic carbocycles. The molecular weight excluding hydrogens is 384 g/mol. The highest BCUT2D eigenvalue weighted by Crippen LogP contribution is 2.29. The van der Waals surface area contributed by atoms with Crippen molar-refractivity contribution in [3.05, 3.63) is 35.9 Å². The van der Waals surface area contributed by atoms with Gasteiger partial charge in [0, 0.05) is 30.6 Å². The third-order valence-corrected chi connectivity index (χ3v) is 4.93. The number of allylic oxidation sites excluding steroid dienone is 1. The number of carbonyl (C=O) groups excluding carboxylic acids is 2. The van der Waals surface area contributed by atoms with Crippen LogP contribution in [0.4, 0.5) is 4.79 Å². The zero-order valence-electron chi connectivity index (χ0n) is 18.9. The minimum absolute atomic E-state index is 0.0911. The Morgan fingerprint density at radius 3 is 2.63 bits per heavy atom. The summed E-state index contributed by atoms with van der Waals surface area (Å²) in [4.78, 5) is 27.0. The standard InChI is InChI=1S/C23H34N2O5/c1-7-8-18(24-22(27)30-23(2,3)4)13-16-11-12-25(21(16)26)15-17-9-10-19(28-5)14-20(17)29-6/h7-10,14,16,18H,11-13,15H2,1-6H3,(H,24,27)/b8-7+. The van der Waals surface area contributed by atoms with Crippen LogP contribution in [0.25, 0.3) is 0 Å². The fraction of sp³-hybridized carbons (Fsp3) is 0.565. The second kappa shape index (κ2) is 10.4. The fourth-order valence-electron chi connectivity index (χ4n) is 3.55. The third-order valence-electron chi connectivity index (χ3n) is 4.93. The van der Waals surface area contributed by atoms with Crippen LogP contribution in [-0.4, -0.2) is 49.3 Å². The lowest BCUT2D eigenvalue weighted by molar-refractivity contribution is -0.131. The van der Waals surface area contributed by atoms with Gasteiger partial charge in [-0.15, -0.1) is 0 Å². The quantitative estimate of drug-likeness (QED) is 0.648. The average molecular weight is 419 g/mol. The number of nitrogens with zero attached hydrogens (tertiary/aromatic N) is 1. The molecule has 1 fully saturated rings. The Labute approximate surface area is 179 Å². The van der Waals surface area contributed by atoms with Crippen molar-refractivity contribution in [3.8, 4) is 11.5 Å². The highest BCUT2D eigenvalue weighted by atomic mass is 16.6. The molecule has 2 atom stereocenters. The maximum atomic E-state index is 13.0. The summed E-state index contributed by atoms with van der Waals surface area (Å²) >= 11 is 0. The predicted octanol–water partition coefficient (Wildman–Crippen LogP) is 3.91. The van der Waals surface area contributed by atoms with Crippen LogP contribution in [0, 0.1) is 5.92 Å². The number of benzene rings is 1. The van der Waals surface area contributed by atoms with Crippen LogP contribution in [0.2, 0.25) is 0 Å². The highest BCUT2D eigenvalue weighted by Gasteiger charge is 2.34. The molecule has 0 aromatic heterocycles. The van der Waals surface area contributed by atoms with E-state index in [1.54, 1.807) is 14.2 Å². The average Bonchev–Trinajstić information content (AvgIpc) is 3.00. The van der Waals surface area contributed by atoms with E-state index in [2.05, 4.69) is 5.32 Å². The zero-order valence-corrected chi connectivity index (χ0v) is 18.9. The van der Waals surface area contributed by atoms with Crippen molar-refractivity contribution in [1.82, 2.24) is 10.2 Å². The zero-order chi connectivity index (χ0) is 22.3. The summed E-state index contributed by atoms with van der Waals surface area (Å²) in [5.74, 6) is 1.35. The normalized spacial score (nSPS) is 17.9. The van der Waals surface area contributed by atoms with E-state index in [9.17, 15) is 9.59 Å². The minimum atomic E-state index is -0.567. The molecule has 1 aromatic carbocycles. The van der Waals surface area contributed by atoms with Crippen LogP contribution in [0.5, 0.6) is 11.5 Å². The van der Waals surface area contributed by atoms with Gasteiger partial charge in [-0.05, 0) is 52.7 Å². The molecular formula is C23H34N2O5. The first-order valence-electron chi connectivity index (χ1n) is 10.3. The van der Waals surface area contributed by atoms with Gasteiger partial charge in [-0.2, -0.15) is 0 Å². The fourth-order valence-corrected chi connectivity index (χ4v) is 3.55. The van der Waals surface area contributed by atoms with Gasteiger partial charge in [0.1, 0.15) is 17.1 Å². The van der Waals surface area contributed by atoms with Gasteiger partial charge >= 0.3 is 6.09 Å². The predicted molar refractivity (Wildman–Crippen MR) is 116 cm³/mol. The Morgan fingerprint density at radius 1 is 1.30 bits per heavy atom. The monoisotopic (exact) mass is 418 g/mol. The van der Waals surface area contributed by atoms with Crippen LogP contribution < -0.4 is 14.8 Å². The molecule has 1 aliphatic heterocycles. The molecule has 0 radical (unpaired) electrons. The van der Waals surface area contributed by atoms with E-state index < -0.39 is 11.7 Å². The van der Waals surface area contributed by atoms with Gasteiger partial charge in [0.05, 0.1) is 20.3 Å². The summed E-state index contributed by atoms with van der Waals surface area (Å²) in [5, 5.41) is 2.86. The van der Waals surface area contributed by atoms with Crippen molar-refractivity contribution in [3.63, 3.8) is 0 Å². The van der Waals surface area contributed by atoms with Crippen molar-refractivity contribution in [1.29, 1.82) is 0 Å². The first-order valence-corrected chi connectivity index (χ1v) is 10.3. The van der Waals surface area contributed by atoms with Gasteiger partial charge in [-0.1, -0.05) is 12.2 Å². The number of hydrogen-bond donors (Lipinski definition) is 1. The van der Waals surface area contributed by atoms with Crippen molar-refractivity contribution >= 4 is 12.0 Å². The van der Waals surface area contributed by atoms with E-state index in [0.29, 0.717) is 31.0 Å². The number of carbonyl (C=O) groups is 2. The molecule has 1 N–H and O–H groups in total. The third kappa shape index (κ3) is 6.68. The molecule has 2 amide bonds. The van der Waals surface area contributed by atoms with Crippen LogP contribution in [0.3, 0.4) is 0 Å². The summed E-state index contributed by atoms with van der Waals surface area (Å²) < 4.78 is 16.0. The van der Waals surface area contributed by atoms with Crippen molar-refractivity contribution < 1.29 is 23.8 Å². The summed E-state index contributed by atoms with van der Waals surface area (Å²) in [5.41, 5.74) is 0.367. The Hall–Kier alpha value is -2.70. The van der Waals surface area contributed by atoms with Crippen LogP contribution in [0.1, 0.15) is 46.1 Å². The maximum absolute atomic E-state index is 13.0. The van der Waals surface area contributed by atoms with E-state index in [0.717, 1.165) is 12.0 Å². The van der Waals surface area contributed by atoms with E-state index >= 15 is 0 Å². The van der Waals surface area contributed by atoms with E-state index in [-0.39, 0.29) is 17.9 Å². The lowest BCUT2D eigenvalue weighted by atomic mass is 9.98. The van der Waals surface area contributed by atoms with Gasteiger partial charge in [-0.25, -0.2) is 4.79 Å². The molecule has 7 heteroatoms. The lowest BCUT2D eigenvalue weighted by Crippen LogP contribution is -2.40. The van der Waals surface area contributed by atoms with Crippen molar-refractivity contribution in [2.75, 3.05) is 20.8 Å². The van der Waals surface area contributed by atoms with Crippen molar-refractivity contribution in [2.45, 2.75) is 58.7 Å². The molecule has 166 valence electrons. The molecule has 2 rings (SSSR count). The smallest absolute Gasteiger partial charge is 0.408 e. The second-order valence-electron chi connectivity index (χ2n) is 8.44. The van der Waals surface area contributed by atoms with Gasteiger partial charge in [0.15, 0.2) is 0 Å². The number of rotatable bonds is 8. The maximum Gasteiger partial charge on any atom is 0.408 e. The van der Waals surface area contributed by atoms with Gasteiger partial charge in [0.25, 0.3) is 0 Å². The topological polar surface area (TPSA) is 77.1 Å². The highest BCUT2D eigenvalue weighted by molar-refractivity contribution is 5.81. The summed E-state index contributed by atoms with van der Waals surface area (Å²) in [6.07, 6.45) is 4.59. The number of ether oxygens (including phenoxy) is 3. The number of amides is 2. The first kappa shape index (κ1) is 23.6. The van der Waals surface area contributed by atoms with Crippen LogP contribution in [0.15, 0.2) is 30.4 Å². The summed E-state index contributed by atoms with van der Waals surface area (Å²) in [6.45, 7) is 8.52. The molecule has 1 saturated heterocycles. The molecule has 0 bridgehead atoms. The molecule has 0 spiro atoms. The van der Waals surface area contributed by atoms with E-state index in [1.807, 2.05) is 62.9 Å². The number of likely N-dealkylation sites (tertiary alicyclic amines) is 1. The molecule has 0 saturated carbocycles. The summed E-state index contributed by atoms with van der Waals surface area (Å²) in [6, 6.07) is 5.35. The number of methoxy groups -OCH3 is 2. The van der Waals surface area contributed by atoms with Gasteiger partial charge < -0.3 is 24.4 Å². The lowest BCUT2D eigenvalue weighted by Gasteiger charge is -2.23. The molecule has 1 aromatic rings. The van der Waals surface area contributed by atoms with Crippen LogP contribution >= 0.6 is 0 Å². The molecule has 30 heavy (non-hydrogen) atoms. The Morgan fingerprint density at radius 2 is 2.03 bits per heavy atom. The Bertz CT molecular complexity index is 769. The minimum Gasteiger partial charge on any atom is -0.497 e. The van der Waals surface area contributed by atoms with E-state index in [1.165, 1.54) is 0 Å². The van der Waals surface area contributed by atoms with Crippen molar-refractivity contribution in [2.24, 2.45) is 5.92 Å². The summed E-state index contributed by atoms with van der Waals surface area (Å²) in [7, 11) is 3.21. The van der Waals surface area contributed by atoms with Gasteiger partial charge in [-0.3, -0.25) is 4.79 Å². The first-order chi connectivity index (χ1) is 14.2. The van der Waals surface area contributed by atoms with Crippen LogP contribution in [-0.2, 0) is 16.1 Å². The number of hydrogen-bond acceptors (Lipinski definition) is 5. The molecule has 1 heterocycles. The SMILES string of the molecule is C/C=C/C(CC1CCN(Cc2ccc(OC)cc2OC)C1=O)NC(=O)OC(C)(C)C. The second-order valence-corrected chi connectivity index (χ2v) is 8.44. The van der Waals surface area contributed by atoms with Gasteiger partial charge in [0.2, 0.25) is 5.91 Å². The molecule has 2 unspecified atom stereocenters. The Balaban J connectivity index is 2.00.